The first kappa shape index (κ1) is 18.5. The normalized spacial score (nSPS) is 11.6. The maximum absolute atomic E-state index is 12.2. The van der Waals surface area contributed by atoms with Gasteiger partial charge in [-0.3, -0.25) is 19.7 Å². The Morgan fingerprint density at radius 3 is 2.52 bits per heavy atom. The Bertz CT molecular complexity index is 793. The Kier molecular flexibility index (Phi) is 6.13. The second-order valence-electron chi connectivity index (χ2n) is 5.29. The van der Waals surface area contributed by atoms with Crippen LogP contribution in [0.4, 0.5) is 5.69 Å². The quantitative estimate of drug-likeness (QED) is 0.448. The second-order valence-corrected chi connectivity index (χ2v) is 6.71. The summed E-state index contributed by atoms with van der Waals surface area (Å²) in [5, 5.41) is 13.1. The number of nitrogens with one attached hydrogen (secondary N) is 1. The van der Waals surface area contributed by atoms with Gasteiger partial charge in [-0.15, -0.1) is 11.8 Å². The van der Waals surface area contributed by atoms with Gasteiger partial charge in [0.2, 0.25) is 11.8 Å². The molecule has 0 saturated carbocycles. The van der Waals surface area contributed by atoms with Gasteiger partial charge in [-0.2, -0.15) is 0 Å². The van der Waals surface area contributed by atoms with Crippen LogP contribution in [0.2, 0.25) is 0 Å². The molecule has 0 heterocycles. The van der Waals surface area contributed by atoms with Gasteiger partial charge in [0.1, 0.15) is 0 Å². The molecular formula is C17H17N3O4S. The van der Waals surface area contributed by atoms with Gasteiger partial charge in [-0.1, -0.05) is 12.1 Å². The van der Waals surface area contributed by atoms with Crippen LogP contribution in [0, 0.1) is 10.1 Å². The number of nitrogens with zero attached hydrogens (tertiary/aromatic N) is 1. The van der Waals surface area contributed by atoms with E-state index in [0.29, 0.717) is 5.56 Å². The number of hydrogen-bond acceptors (Lipinski definition) is 5. The lowest BCUT2D eigenvalue weighted by atomic mass is 10.1. The van der Waals surface area contributed by atoms with Gasteiger partial charge >= 0.3 is 0 Å². The van der Waals surface area contributed by atoms with E-state index in [4.69, 9.17) is 5.73 Å². The predicted molar refractivity (Wildman–Crippen MR) is 95.2 cm³/mol. The number of non-ortho nitro benzene ring substituents is 1. The van der Waals surface area contributed by atoms with Gasteiger partial charge in [0.05, 0.1) is 10.2 Å². The molecule has 130 valence electrons. The molecule has 0 aliphatic rings. The number of carbonyl (C=O) groups is 2. The lowest BCUT2D eigenvalue weighted by molar-refractivity contribution is -0.384. The zero-order chi connectivity index (χ0) is 18.4. The van der Waals surface area contributed by atoms with Crippen molar-refractivity contribution in [3.05, 3.63) is 69.8 Å². The number of primary amides is 1. The smallest absolute Gasteiger partial charge is 0.269 e. The fraction of sp³-hybridized carbons (Fsp3) is 0.176. The second kappa shape index (κ2) is 8.29. The molecule has 1 unspecified atom stereocenters. The number of hydrogen-bond donors (Lipinski definition) is 2. The van der Waals surface area contributed by atoms with Crippen molar-refractivity contribution in [2.24, 2.45) is 5.73 Å². The van der Waals surface area contributed by atoms with Crippen LogP contribution in [-0.2, 0) is 11.3 Å². The third kappa shape index (κ3) is 5.32. The minimum absolute atomic E-state index is 0.00999. The molecule has 0 aliphatic heterocycles. The summed E-state index contributed by atoms with van der Waals surface area (Å²) in [6.07, 6.45) is 0. The third-order valence-electron chi connectivity index (χ3n) is 3.41. The molecule has 0 fully saturated rings. The van der Waals surface area contributed by atoms with Crippen LogP contribution in [0.5, 0.6) is 0 Å². The standard InChI is InChI=1S/C17H17N3O4S/c1-11(25-15-7-5-14(6-8-15)20(23)24)17(22)19-10-12-3-2-4-13(9-12)16(18)21/h2-9,11H,10H2,1H3,(H2,18,21)(H,19,22). The minimum Gasteiger partial charge on any atom is -0.366 e. The first-order valence-corrected chi connectivity index (χ1v) is 8.32. The summed E-state index contributed by atoms with van der Waals surface area (Å²) in [7, 11) is 0. The number of nitro groups is 1. The summed E-state index contributed by atoms with van der Waals surface area (Å²) in [5.74, 6) is -0.692. The summed E-state index contributed by atoms with van der Waals surface area (Å²) in [6, 6.07) is 12.8. The number of nitro benzene ring substituents is 1. The van der Waals surface area contributed by atoms with Crippen LogP contribution < -0.4 is 11.1 Å². The molecule has 25 heavy (non-hydrogen) atoms. The van der Waals surface area contributed by atoms with E-state index in [2.05, 4.69) is 5.32 Å². The van der Waals surface area contributed by atoms with Crippen LogP contribution in [0.15, 0.2) is 53.4 Å². The number of amides is 2. The molecule has 0 spiro atoms. The fourth-order valence-corrected chi connectivity index (χ4v) is 2.96. The topological polar surface area (TPSA) is 115 Å². The molecule has 0 aromatic heterocycles. The highest BCUT2D eigenvalue weighted by atomic mass is 32.2. The Morgan fingerprint density at radius 1 is 1.24 bits per heavy atom. The molecule has 2 amide bonds. The molecule has 2 aromatic carbocycles. The molecule has 0 saturated heterocycles. The number of benzene rings is 2. The van der Waals surface area contributed by atoms with Crippen molar-refractivity contribution in [3.63, 3.8) is 0 Å². The largest absolute Gasteiger partial charge is 0.366 e. The number of thioether (sulfide) groups is 1. The van der Waals surface area contributed by atoms with Gasteiger partial charge in [-0.25, -0.2) is 0 Å². The Hall–Kier alpha value is -2.87. The van der Waals surface area contributed by atoms with E-state index in [0.717, 1.165) is 10.5 Å². The molecule has 0 bridgehead atoms. The van der Waals surface area contributed by atoms with Crippen LogP contribution >= 0.6 is 11.8 Å². The zero-order valence-corrected chi connectivity index (χ0v) is 14.3. The Balaban J connectivity index is 1.90. The predicted octanol–water partition coefficient (Wildman–Crippen LogP) is 2.49. The molecule has 2 aromatic rings. The van der Waals surface area contributed by atoms with Gasteiger partial charge in [0, 0.05) is 29.1 Å². The van der Waals surface area contributed by atoms with Crippen LogP contribution in [0.25, 0.3) is 0 Å². The average Bonchev–Trinajstić information content (AvgIpc) is 2.60. The summed E-state index contributed by atoms with van der Waals surface area (Å²) in [6.45, 7) is 2.03. The van der Waals surface area contributed by atoms with E-state index < -0.39 is 10.8 Å². The van der Waals surface area contributed by atoms with Gasteiger partial charge in [-0.05, 0) is 36.8 Å². The van der Waals surface area contributed by atoms with Crippen LogP contribution in [-0.4, -0.2) is 22.0 Å². The van der Waals surface area contributed by atoms with E-state index in [1.165, 1.54) is 23.9 Å². The van der Waals surface area contributed by atoms with Gasteiger partial charge in [0.25, 0.3) is 5.69 Å². The summed E-state index contributed by atoms with van der Waals surface area (Å²) < 4.78 is 0. The first-order chi connectivity index (χ1) is 11.9. The maximum Gasteiger partial charge on any atom is 0.269 e. The maximum atomic E-state index is 12.2. The molecule has 1 atom stereocenters. The van der Waals surface area contributed by atoms with Crippen molar-refractivity contribution in [2.75, 3.05) is 0 Å². The van der Waals surface area contributed by atoms with E-state index in [9.17, 15) is 19.7 Å². The molecule has 2 rings (SSSR count). The van der Waals surface area contributed by atoms with Crippen LogP contribution in [0.3, 0.4) is 0 Å². The molecule has 3 N–H and O–H groups in total. The Labute approximate surface area is 148 Å². The lowest BCUT2D eigenvalue weighted by Gasteiger charge is -2.12. The Morgan fingerprint density at radius 2 is 1.92 bits per heavy atom. The zero-order valence-electron chi connectivity index (χ0n) is 13.5. The third-order valence-corrected chi connectivity index (χ3v) is 4.52. The highest BCUT2D eigenvalue weighted by Gasteiger charge is 2.15. The van der Waals surface area contributed by atoms with Crippen molar-refractivity contribution in [1.82, 2.24) is 5.32 Å². The van der Waals surface area contributed by atoms with E-state index in [1.54, 1.807) is 43.3 Å². The molecule has 7 nitrogen and oxygen atoms in total. The SMILES string of the molecule is CC(Sc1ccc([N+](=O)[O-])cc1)C(=O)NCc1cccc(C(N)=O)c1. The van der Waals surface area contributed by atoms with Crippen molar-refractivity contribution in [1.29, 1.82) is 0 Å². The van der Waals surface area contributed by atoms with Crippen molar-refractivity contribution in [3.8, 4) is 0 Å². The molecule has 0 radical (unpaired) electrons. The number of nitrogens with two attached hydrogens (primary N) is 1. The van der Waals surface area contributed by atoms with Gasteiger partial charge in [0.15, 0.2) is 0 Å². The van der Waals surface area contributed by atoms with Gasteiger partial charge < -0.3 is 11.1 Å². The minimum atomic E-state index is -0.518. The number of rotatable bonds is 7. The van der Waals surface area contributed by atoms with Crippen LogP contribution in [0.1, 0.15) is 22.8 Å². The average molecular weight is 359 g/mol. The summed E-state index contributed by atoms with van der Waals surface area (Å²) in [4.78, 5) is 34.3. The highest BCUT2D eigenvalue weighted by molar-refractivity contribution is 8.00. The lowest BCUT2D eigenvalue weighted by Crippen LogP contribution is -2.30. The fourth-order valence-electron chi connectivity index (χ4n) is 2.07. The van der Waals surface area contributed by atoms with Crippen molar-refractivity contribution < 1.29 is 14.5 Å². The summed E-state index contributed by atoms with van der Waals surface area (Å²) in [5.41, 5.74) is 6.40. The van der Waals surface area contributed by atoms with Crippen molar-refractivity contribution >= 4 is 29.3 Å². The molecular weight excluding hydrogens is 342 g/mol. The van der Waals surface area contributed by atoms with E-state index in [1.807, 2.05) is 0 Å². The monoisotopic (exact) mass is 359 g/mol. The highest BCUT2D eigenvalue weighted by Crippen LogP contribution is 2.25. The molecule has 8 heteroatoms. The molecule has 0 aliphatic carbocycles. The summed E-state index contributed by atoms with van der Waals surface area (Å²) >= 11 is 1.31. The van der Waals surface area contributed by atoms with E-state index >= 15 is 0 Å². The van der Waals surface area contributed by atoms with Crippen molar-refractivity contribution in [2.45, 2.75) is 23.6 Å². The first-order valence-electron chi connectivity index (χ1n) is 7.44. The van der Waals surface area contributed by atoms with E-state index in [-0.39, 0.29) is 23.4 Å². The number of carbonyl (C=O) groups excluding carboxylic acids is 2.